The Kier molecular flexibility index (Phi) is 6.48. The molecule has 2 aliphatic rings. The molecule has 3 heterocycles. The fourth-order valence-corrected chi connectivity index (χ4v) is 7.87. The lowest BCUT2D eigenvalue weighted by Crippen LogP contribution is -2.15. The van der Waals surface area contributed by atoms with E-state index < -0.39 is 0 Å². The van der Waals surface area contributed by atoms with E-state index in [0.29, 0.717) is 0 Å². The van der Waals surface area contributed by atoms with Gasteiger partial charge in [0, 0.05) is 33.3 Å². The predicted molar refractivity (Wildman–Crippen MR) is 214 cm³/mol. The molecule has 0 saturated heterocycles. The summed E-state index contributed by atoms with van der Waals surface area (Å²) in [6.07, 6.45) is 0. The van der Waals surface area contributed by atoms with Crippen LogP contribution in [0.4, 0.5) is 34.1 Å². The summed E-state index contributed by atoms with van der Waals surface area (Å²) >= 11 is 0. The number of para-hydroxylation sites is 10. The van der Waals surface area contributed by atoms with Gasteiger partial charge in [-0.1, -0.05) is 109 Å². The van der Waals surface area contributed by atoms with Crippen LogP contribution in [0.5, 0.6) is 23.0 Å². The van der Waals surface area contributed by atoms with Crippen molar-refractivity contribution in [2.24, 2.45) is 0 Å². The number of nitrogens with zero attached hydrogens (tertiary/aromatic N) is 2. The predicted octanol–water partition coefficient (Wildman–Crippen LogP) is 14.1. The van der Waals surface area contributed by atoms with Gasteiger partial charge in [0.25, 0.3) is 0 Å². The lowest BCUT2D eigenvalue weighted by molar-refractivity contribution is 0.477. The van der Waals surface area contributed by atoms with E-state index in [1.54, 1.807) is 0 Å². The highest BCUT2D eigenvalue weighted by Crippen LogP contribution is 2.52. The minimum atomic E-state index is 0.828. The van der Waals surface area contributed by atoms with Gasteiger partial charge in [-0.3, -0.25) is 0 Å². The molecule has 0 N–H and O–H groups in total. The van der Waals surface area contributed by atoms with Crippen LogP contribution in [0.25, 0.3) is 44.2 Å². The quantitative estimate of drug-likeness (QED) is 0.185. The van der Waals surface area contributed by atoms with E-state index >= 15 is 0 Å². The van der Waals surface area contributed by atoms with E-state index in [-0.39, 0.29) is 0 Å². The van der Waals surface area contributed by atoms with Gasteiger partial charge in [0.15, 0.2) is 23.0 Å². The molecule has 8 aromatic carbocycles. The Morgan fingerprint density at radius 1 is 0.321 bits per heavy atom. The first kappa shape index (κ1) is 29.5. The van der Waals surface area contributed by atoms with Crippen LogP contribution in [0.2, 0.25) is 0 Å². The van der Waals surface area contributed by atoms with E-state index in [2.05, 4.69) is 119 Å². The first-order valence-electron chi connectivity index (χ1n) is 17.8. The Morgan fingerprint density at radius 2 is 0.679 bits per heavy atom. The highest BCUT2D eigenvalue weighted by molar-refractivity contribution is 6.13. The van der Waals surface area contributed by atoms with Crippen molar-refractivity contribution in [2.45, 2.75) is 0 Å². The molecule has 0 aliphatic carbocycles. The molecule has 53 heavy (non-hydrogen) atoms. The van der Waals surface area contributed by atoms with Gasteiger partial charge >= 0.3 is 0 Å². The number of hydrogen-bond donors (Lipinski definition) is 0. The molecule has 0 fully saturated rings. The summed E-state index contributed by atoms with van der Waals surface area (Å²) in [5.41, 5.74) is 12.0. The normalized spacial score (nSPS) is 12.8. The summed E-state index contributed by atoms with van der Waals surface area (Å²) in [4.78, 5) is 4.54. The van der Waals surface area contributed by atoms with Gasteiger partial charge in [0.2, 0.25) is 0 Å². The Balaban J connectivity index is 1.03. The summed E-state index contributed by atoms with van der Waals surface area (Å²) in [7, 11) is 0. The second kappa shape index (κ2) is 11.7. The van der Waals surface area contributed by atoms with Gasteiger partial charge in [-0.25, -0.2) is 0 Å². The van der Waals surface area contributed by atoms with E-state index in [0.717, 1.165) is 101 Å². The first-order chi connectivity index (χ1) is 26.3. The van der Waals surface area contributed by atoms with Crippen molar-refractivity contribution in [2.75, 3.05) is 9.80 Å². The zero-order valence-electron chi connectivity index (χ0n) is 28.4. The second-order valence-electron chi connectivity index (χ2n) is 13.3. The number of ether oxygens (including phenoxy) is 2. The van der Waals surface area contributed by atoms with Gasteiger partial charge in [0.05, 0.1) is 22.7 Å². The minimum absolute atomic E-state index is 0.828. The van der Waals surface area contributed by atoms with Crippen molar-refractivity contribution >= 4 is 56.1 Å². The van der Waals surface area contributed by atoms with Crippen LogP contribution in [-0.4, -0.2) is 0 Å². The number of rotatable bonds is 4. The third kappa shape index (κ3) is 4.64. The summed E-state index contributed by atoms with van der Waals surface area (Å²) in [6.45, 7) is 0. The maximum absolute atomic E-state index is 6.95. The van der Waals surface area contributed by atoms with Crippen LogP contribution in [0.3, 0.4) is 0 Å². The molecule has 5 heteroatoms. The molecule has 9 aromatic rings. The zero-order chi connectivity index (χ0) is 34.9. The van der Waals surface area contributed by atoms with Gasteiger partial charge in [-0.2, -0.15) is 0 Å². The Hall–Kier alpha value is -7.24. The molecule has 0 unspecified atom stereocenters. The molecule has 0 amide bonds. The zero-order valence-corrected chi connectivity index (χ0v) is 28.4. The molecule has 0 spiro atoms. The largest absolute Gasteiger partial charge is 0.455 e. The number of anilines is 6. The van der Waals surface area contributed by atoms with Crippen molar-refractivity contribution < 1.29 is 13.9 Å². The van der Waals surface area contributed by atoms with Crippen molar-refractivity contribution in [3.8, 4) is 45.3 Å². The maximum Gasteiger partial charge on any atom is 0.151 e. The molecular weight excluding hydrogens is 653 g/mol. The summed E-state index contributed by atoms with van der Waals surface area (Å²) in [6, 6.07) is 62.9. The van der Waals surface area contributed by atoms with Crippen molar-refractivity contribution in [3.63, 3.8) is 0 Å². The maximum atomic E-state index is 6.95. The number of fused-ring (bicyclic) bond motifs is 7. The number of benzene rings is 8. The SMILES string of the molecule is c1cc(-c2cccc3c2oc2c(-c4cccc(N5c6ccccc6Oc6ccccc65)c4)cccc23)cc(N2c3ccccc3Oc3ccccc32)c1. The molecule has 2 aliphatic heterocycles. The number of hydrogen-bond acceptors (Lipinski definition) is 5. The fourth-order valence-electron chi connectivity index (χ4n) is 7.87. The molecular formula is C48H30N2O3. The molecule has 11 rings (SSSR count). The average molecular weight is 683 g/mol. The topological polar surface area (TPSA) is 38.1 Å². The molecule has 5 nitrogen and oxygen atoms in total. The Morgan fingerprint density at radius 3 is 1.08 bits per heavy atom. The van der Waals surface area contributed by atoms with Crippen LogP contribution in [0, 0.1) is 0 Å². The first-order valence-corrected chi connectivity index (χ1v) is 17.8. The van der Waals surface area contributed by atoms with E-state index in [1.807, 2.05) is 72.8 Å². The lowest BCUT2D eigenvalue weighted by Gasteiger charge is -2.33. The fraction of sp³-hybridized carbons (Fsp3) is 0. The molecule has 250 valence electrons. The van der Waals surface area contributed by atoms with Crippen LogP contribution in [-0.2, 0) is 0 Å². The van der Waals surface area contributed by atoms with Crippen LogP contribution in [0.1, 0.15) is 0 Å². The highest BCUT2D eigenvalue weighted by Gasteiger charge is 2.27. The van der Waals surface area contributed by atoms with E-state index in [4.69, 9.17) is 13.9 Å². The molecule has 0 atom stereocenters. The standard InChI is InChI=1S/C48H30N2O3/c1-5-25-43-39(21-1)49(40-22-2-6-26-44(40)51-43)33-15-9-13-31(29-33)35-17-11-19-37-38-20-12-18-36(48(38)53-47(35)37)32-14-10-16-34(30-32)50-41-23-3-7-27-45(41)52-46-28-8-4-24-42(46)50/h1-30H. The van der Waals surface area contributed by atoms with E-state index in [1.165, 1.54) is 0 Å². The van der Waals surface area contributed by atoms with Crippen molar-refractivity contribution in [1.82, 2.24) is 0 Å². The number of furan rings is 1. The summed E-state index contributed by atoms with van der Waals surface area (Å²) in [5.74, 6) is 3.31. The summed E-state index contributed by atoms with van der Waals surface area (Å²) < 4.78 is 19.5. The Bertz CT molecular complexity index is 2610. The monoisotopic (exact) mass is 682 g/mol. The van der Waals surface area contributed by atoms with Gasteiger partial charge < -0.3 is 23.7 Å². The molecule has 0 radical (unpaired) electrons. The third-order valence-electron chi connectivity index (χ3n) is 10.2. The third-order valence-corrected chi connectivity index (χ3v) is 10.2. The summed E-state index contributed by atoms with van der Waals surface area (Å²) in [5, 5.41) is 2.16. The van der Waals surface area contributed by atoms with Crippen LogP contribution < -0.4 is 19.3 Å². The molecule has 0 saturated carbocycles. The van der Waals surface area contributed by atoms with Gasteiger partial charge in [-0.05, 0) is 83.9 Å². The van der Waals surface area contributed by atoms with Crippen molar-refractivity contribution in [1.29, 1.82) is 0 Å². The van der Waals surface area contributed by atoms with Crippen LogP contribution in [0.15, 0.2) is 186 Å². The Labute approximate surface area is 306 Å². The minimum Gasteiger partial charge on any atom is -0.455 e. The van der Waals surface area contributed by atoms with E-state index in [9.17, 15) is 0 Å². The van der Waals surface area contributed by atoms with Gasteiger partial charge in [0.1, 0.15) is 11.2 Å². The van der Waals surface area contributed by atoms with Crippen LogP contribution >= 0.6 is 0 Å². The van der Waals surface area contributed by atoms with Crippen molar-refractivity contribution in [3.05, 3.63) is 182 Å². The lowest BCUT2D eigenvalue weighted by atomic mass is 9.99. The smallest absolute Gasteiger partial charge is 0.151 e. The molecule has 0 bridgehead atoms. The highest BCUT2D eigenvalue weighted by atomic mass is 16.5. The second-order valence-corrected chi connectivity index (χ2v) is 13.3. The average Bonchev–Trinajstić information content (AvgIpc) is 3.61. The molecule has 1 aromatic heterocycles. The van der Waals surface area contributed by atoms with Gasteiger partial charge in [-0.15, -0.1) is 0 Å².